The largest absolute Gasteiger partial charge is 0.352 e. The molecule has 2 heterocycles. The fourth-order valence-electron chi connectivity index (χ4n) is 2.25. The lowest BCUT2D eigenvalue weighted by molar-refractivity contribution is 0.0953. The summed E-state index contributed by atoms with van der Waals surface area (Å²) in [4.78, 5) is 20.6. The van der Waals surface area contributed by atoms with Gasteiger partial charge in [-0.3, -0.25) is 9.78 Å². The van der Waals surface area contributed by atoms with Crippen molar-refractivity contribution in [3.05, 3.63) is 69.8 Å². The number of hydrogen-bond donors (Lipinski definition) is 1. The van der Waals surface area contributed by atoms with Crippen molar-refractivity contribution in [2.75, 3.05) is 6.54 Å². The van der Waals surface area contributed by atoms with E-state index in [1.807, 2.05) is 12.1 Å². The van der Waals surface area contributed by atoms with E-state index in [-0.39, 0.29) is 5.91 Å². The molecule has 1 N–H and O–H groups in total. The van der Waals surface area contributed by atoms with Gasteiger partial charge in [0.15, 0.2) is 0 Å². The average molecular weight is 358 g/mol. The third-order valence-electron chi connectivity index (χ3n) is 3.47. The summed E-state index contributed by atoms with van der Waals surface area (Å²) in [6.45, 7) is 0.607. The Kier molecular flexibility index (Phi) is 5.56. The first-order chi connectivity index (χ1) is 11.7. The van der Waals surface area contributed by atoms with Crippen molar-refractivity contribution in [2.24, 2.45) is 0 Å². The molecular weight excluding hydrogens is 342 g/mol. The number of hydrogen-bond acceptors (Lipinski definition) is 4. The lowest BCUT2D eigenvalue weighted by Gasteiger charge is -2.04. The minimum atomic E-state index is -0.103. The highest BCUT2D eigenvalue weighted by atomic mass is 35.5. The van der Waals surface area contributed by atoms with Gasteiger partial charge < -0.3 is 5.32 Å². The molecule has 0 unspecified atom stereocenters. The first kappa shape index (κ1) is 16.6. The van der Waals surface area contributed by atoms with E-state index in [1.165, 1.54) is 0 Å². The molecule has 2 aromatic heterocycles. The number of carbonyl (C=O) groups is 1. The van der Waals surface area contributed by atoms with Gasteiger partial charge in [0.1, 0.15) is 0 Å². The number of rotatable bonds is 6. The summed E-state index contributed by atoms with van der Waals surface area (Å²) in [5.74, 6) is -0.103. The zero-order valence-corrected chi connectivity index (χ0v) is 14.5. The number of carbonyl (C=O) groups excluding carboxylic acids is 1. The van der Waals surface area contributed by atoms with E-state index in [0.29, 0.717) is 17.1 Å². The molecule has 3 aromatic rings. The van der Waals surface area contributed by atoms with E-state index in [4.69, 9.17) is 11.6 Å². The monoisotopic (exact) mass is 357 g/mol. The van der Waals surface area contributed by atoms with Crippen LogP contribution >= 0.6 is 22.9 Å². The van der Waals surface area contributed by atoms with Crippen LogP contribution in [0.25, 0.3) is 11.3 Å². The van der Waals surface area contributed by atoms with Crippen molar-refractivity contribution in [1.29, 1.82) is 0 Å². The van der Waals surface area contributed by atoms with Gasteiger partial charge >= 0.3 is 0 Å². The number of pyridine rings is 1. The smallest absolute Gasteiger partial charge is 0.251 e. The molecule has 0 saturated carbocycles. The number of nitrogens with one attached hydrogen (secondary N) is 1. The Balaban J connectivity index is 1.47. The standard InChI is InChI=1S/C18H16ClN3OS/c19-15-4-1-3-14(11-15)18(23)21-8-2-5-17-22-16(12-24-17)13-6-9-20-10-7-13/h1,3-4,6-7,9-12H,2,5,8H2,(H,21,23). The van der Waals surface area contributed by atoms with E-state index in [9.17, 15) is 4.79 Å². The van der Waals surface area contributed by atoms with E-state index >= 15 is 0 Å². The van der Waals surface area contributed by atoms with Crippen LogP contribution in [0.15, 0.2) is 54.2 Å². The SMILES string of the molecule is O=C(NCCCc1nc(-c2ccncc2)cs1)c1cccc(Cl)c1. The molecule has 0 saturated heterocycles. The Labute approximate surface area is 149 Å². The molecule has 0 atom stereocenters. The van der Waals surface area contributed by atoms with Gasteiger partial charge in [-0.05, 0) is 36.8 Å². The number of aryl methyl sites for hydroxylation is 1. The van der Waals surface area contributed by atoms with Crippen molar-refractivity contribution in [1.82, 2.24) is 15.3 Å². The van der Waals surface area contributed by atoms with Crippen molar-refractivity contribution in [3.63, 3.8) is 0 Å². The lowest BCUT2D eigenvalue weighted by atomic mass is 10.2. The van der Waals surface area contributed by atoms with Crippen molar-refractivity contribution < 1.29 is 4.79 Å². The average Bonchev–Trinajstić information content (AvgIpc) is 3.08. The molecule has 24 heavy (non-hydrogen) atoms. The fourth-order valence-corrected chi connectivity index (χ4v) is 3.29. The summed E-state index contributed by atoms with van der Waals surface area (Å²) in [6.07, 6.45) is 5.21. The molecule has 3 rings (SSSR count). The molecule has 122 valence electrons. The first-order valence-corrected chi connectivity index (χ1v) is 8.87. The van der Waals surface area contributed by atoms with E-state index < -0.39 is 0 Å². The molecule has 6 heteroatoms. The number of halogens is 1. The molecule has 4 nitrogen and oxygen atoms in total. The zero-order chi connectivity index (χ0) is 16.8. The number of nitrogens with zero attached hydrogens (tertiary/aromatic N) is 2. The van der Waals surface area contributed by atoms with Crippen LogP contribution < -0.4 is 5.32 Å². The maximum Gasteiger partial charge on any atom is 0.251 e. The summed E-state index contributed by atoms with van der Waals surface area (Å²) in [6, 6.07) is 10.8. The Bertz CT molecular complexity index is 820. The zero-order valence-electron chi connectivity index (χ0n) is 12.9. The molecule has 0 radical (unpaired) electrons. The summed E-state index contributed by atoms with van der Waals surface area (Å²) < 4.78 is 0. The second-order valence-electron chi connectivity index (χ2n) is 5.23. The maximum atomic E-state index is 12.0. The maximum absolute atomic E-state index is 12.0. The van der Waals surface area contributed by atoms with Gasteiger partial charge in [-0.1, -0.05) is 17.7 Å². The Morgan fingerprint density at radius 2 is 2.04 bits per heavy atom. The van der Waals surface area contributed by atoms with Crippen LogP contribution in [0, 0.1) is 0 Å². The molecule has 0 fully saturated rings. The number of amides is 1. The highest BCUT2D eigenvalue weighted by molar-refractivity contribution is 7.09. The van der Waals surface area contributed by atoms with Crippen LogP contribution in [0.5, 0.6) is 0 Å². The van der Waals surface area contributed by atoms with Crippen molar-refractivity contribution >= 4 is 28.8 Å². The van der Waals surface area contributed by atoms with Gasteiger partial charge in [-0.2, -0.15) is 0 Å². The third-order valence-corrected chi connectivity index (χ3v) is 4.61. The highest BCUT2D eigenvalue weighted by Crippen LogP contribution is 2.21. The van der Waals surface area contributed by atoms with Crippen molar-refractivity contribution in [3.8, 4) is 11.3 Å². The summed E-state index contributed by atoms with van der Waals surface area (Å²) >= 11 is 7.53. The number of thiazole rings is 1. The van der Waals surface area contributed by atoms with Crippen LogP contribution in [-0.2, 0) is 6.42 Å². The highest BCUT2D eigenvalue weighted by Gasteiger charge is 2.07. The molecule has 1 amide bonds. The van der Waals surface area contributed by atoms with Gasteiger partial charge in [0.25, 0.3) is 5.91 Å². The van der Waals surface area contributed by atoms with E-state index in [0.717, 1.165) is 29.1 Å². The Hall–Kier alpha value is -2.24. The second kappa shape index (κ2) is 8.04. The summed E-state index contributed by atoms with van der Waals surface area (Å²) in [7, 11) is 0. The molecule has 0 spiro atoms. The van der Waals surface area contributed by atoms with Gasteiger partial charge in [-0.25, -0.2) is 4.98 Å². The molecule has 0 aliphatic carbocycles. The van der Waals surface area contributed by atoms with Crippen LogP contribution in [0.3, 0.4) is 0 Å². The molecule has 0 bridgehead atoms. The van der Waals surface area contributed by atoms with Crippen LogP contribution in [0.1, 0.15) is 21.8 Å². The number of aromatic nitrogens is 2. The summed E-state index contributed by atoms with van der Waals surface area (Å²) in [5, 5.41) is 6.59. The van der Waals surface area contributed by atoms with Crippen LogP contribution in [0.4, 0.5) is 0 Å². The van der Waals surface area contributed by atoms with Gasteiger partial charge in [-0.15, -0.1) is 11.3 Å². The molecular formula is C18H16ClN3OS. The quantitative estimate of drug-likeness (QED) is 0.672. The van der Waals surface area contributed by atoms with E-state index in [2.05, 4.69) is 20.7 Å². The predicted molar refractivity (Wildman–Crippen MR) is 97.5 cm³/mol. The minimum absolute atomic E-state index is 0.103. The second-order valence-corrected chi connectivity index (χ2v) is 6.61. The topological polar surface area (TPSA) is 54.9 Å². The van der Waals surface area contributed by atoms with Crippen LogP contribution in [0.2, 0.25) is 5.02 Å². The van der Waals surface area contributed by atoms with Crippen LogP contribution in [-0.4, -0.2) is 22.4 Å². The van der Waals surface area contributed by atoms with Crippen molar-refractivity contribution in [2.45, 2.75) is 12.8 Å². The van der Waals surface area contributed by atoms with E-state index in [1.54, 1.807) is 48.0 Å². The minimum Gasteiger partial charge on any atom is -0.352 e. The Morgan fingerprint density at radius 1 is 1.21 bits per heavy atom. The van der Waals surface area contributed by atoms with Gasteiger partial charge in [0.2, 0.25) is 0 Å². The fraction of sp³-hybridized carbons (Fsp3) is 0.167. The molecule has 0 aliphatic rings. The molecule has 1 aromatic carbocycles. The number of benzene rings is 1. The predicted octanol–water partition coefficient (Wildman–Crippen LogP) is 4.22. The molecule has 0 aliphatic heterocycles. The van der Waals surface area contributed by atoms with Gasteiger partial charge in [0, 0.05) is 46.9 Å². The lowest BCUT2D eigenvalue weighted by Crippen LogP contribution is -2.24. The summed E-state index contributed by atoms with van der Waals surface area (Å²) in [5.41, 5.74) is 2.62. The Morgan fingerprint density at radius 3 is 2.83 bits per heavy atom. The normalized spacial score (nSPS) is 10.5. The first-order valence-electron chi connectivity index (χ1n) is 7.61. The van der Waals surface area contributed by atoms with Gasteiger partial charge in [0.05, 0.1) is 10.7 Å². The third kappa shape index (κ3) is 4.40.